The second-order valence-corrected chi connectivity index (χ2v) is 13.9. The van der Waals surface area contributed by atoms with Crippen molar-refractivity contribution in [2.24, 2.45) is 0 Å². The normalized spacial score (nSPS) is 18.4. The van der Waals surface area contributed by atoms with Crippen LogP contribution in [-0.4, -0.2) is 88.8 Å². The number of nitrogens with zero attached hydrogens (tertiary/aromatic N) is 3. The molecule has 0 aromatic heterocycles. The summed E-state index contributed by atoms with van der Waals surface area (Å²) in [7, 11) is 1.63. The maximum atomic E-state index is 13.6. The summed E-state index contributed by atoms with van der Waals surface area (Å²) in [5.74, 6) is -6.19. The molecule has 0 aliphatic carbocycles. The number of ether oxygens (including phenoxy) is 2. The number of amides is 3. The van der Waals surface area contributed by atoms with Crippen molar-refractivity contribution in [1.29, 1.82) is 5.26 Å². The Hall–Kier alpha value is -6.27. The van der Waals surface area contributed by atoms with Crippen LogP contribution in [0.5, 0.6) is 0 Å². The van der Waals surface area contributed by atoms with E-state index in [-0.39, 0.29) is 23.0 Å². The molecule has 3 amide bonds. The number of nitriles is 1. The number of likely N-dealkylation sites (N-methyl/N-ethyl adjacent to an activating group) is 1. The molecule has 0 saturated carbocycles. The number of esters is 2. The molecule has 16 heteroatoms. The summed E-state index contributed by atoms with van der Waals surface area (Å²) < 4.78 is 9.64. The molecule has 14 nitrogen and oxygen atoms in total. The summed E-state index contributed by atoms with van der Waals surface area (Å²) >= 11 is 12.2. The largest absolute Gasteiger partial charge is 0.478 e. The second kappa shape index (κ2) is 17.0. The van der Waals surface area contributed by atoms with E-state index in [4.69, 9.17) is 37.9 Å². The number of rotatable bonds is 9. The SMILES string of the molecule is CN1C(=O)N(c2cc(Cl)cc(Cl)c2)C(=O)[C@]12CNC[C@H]2c1ccc(C#N)cc1.Cc1ccc(C(=O)O[C@H](C(=O)O)[C@H](OC(=O)c2ccc(C)cc2)C(=O)O)cc1. The van der Waals surface area contributed by atoms with Crippen LogP contribution in [0.25, 0.3) is 0 Å². The van der Waals surface area contributed by atoms with Gasteiger partial charge in [0.15, 0.2) is 0 Å². The first-order valence-corrected chi connectivity index (χ1v) is 17.6. The Kier molecular flexibility index (Phi) is 12.4. The smallest absolute Gasteiger partial charge is 0.349 e. The summed E-state index contributed by atoms with van der Waals surface area (Å²) in [5, 5.41) is 31.6. The minimum absolute atomic E-state index is 0.0332. The number of nitrogens with one attached hydrogen (secondary N) is 1. The van der Waals surface area contributed by atoms with Gasteiger partial charge in [0.1, 0.15) is 5.54 Å². The average Bonchev–Trinajstić information content (AvgIpc) is 3.69. The highest BCUT2D eigenvalue weighted by atomic mass is 35.5. The number of imide groups is 1. The van der Waals surface area contributed by atoms with Crippen LogP contribution in [0, 0.1) is 25.2 Å². The van der Waals surface area contributed by atoms with Gasteiger partial charge in [-0.3, -0.25) is 4.79 Å². The van der Waals surface area contributed by atoms with Gasteiger partial charge in [-0.25, -0.2) is 28.9 Å². The van der Waals surface area contributed by atoms with Gasteiger partial charge in [-0.05, 0) is 74.0 Å². The molecule has 4 aromatic rings. The molecule has 0 unspecified atom stereocenters. The fourth-order valence-corrected chi connectivity index (χ4v) is 6.84. The fraction of sp³-hybridized carbons (Fsp3) is 0.225. The third-order valence-electron chi connectivity index (χ3n) is 9.32. The number of halogens is 2. The van der Waals surface area contributed by atoms with Crippen molar-refractivity contribution in [2.45, 2.75) is 37.5 Å². The van der Waals surface area contributed by atoms with Crippen molar-refractivity contribution < 1.29 is 48.5 Å². The highest BCUT2D eigenvalue weighted by molar-refractivity contribution is 6.36. The highest BCUT2D eigenvalue weighted by Gasteiger charge is 2.62. The Morgan fingerprint density at radius 3 is 1.70 bits per heavy atom. The molecule has 2 aliphatic rings. The lowest BCUT2D eigenvalue weighted by molar-refractivity contribution is -0.166. The monoisotopic (exact) mass is 800 g/mol. The van der Waals surface area contributed by atoms with Crippen LogP contribution >= 0.6 is 23.2 Å². The van der Waals surface area contributed by atoms with Crippen LogP contribution in [0.4, 0.5) is 10.5 Å². The minimum Gasteiger partial charge on any atom is -0.478 e. The number of hydrogen-bond donors (Lipinski definition) is 3. The van der Waals surface area contributed by atoms with Crippen molar-refractivity contribution in [3.63, 3.8) is 0 Å². The Bertz CT molecular complexity index is 2130. The van der Waals surface area contributed by atoms with Crippen LogP contribution < -0.4 is 10.2 Å². The van der Waals surface area contributed by atoms with Crippen molar-refractivity contribution >= 4 is 64.7 Å². The summed E-state index contributed by atoms with van der Waals surface area (Å²) in [5.41, 5.74) is 2.52. The van der Waals surface area contributed by atoms with E-state index in [1.54, 1.807) is 75.5 Å². The number of aliphatic carboxylic acids is 2. The number of anilines is 1. The van der Waals surface area contributed by atoms with E-state index in [1.165, 1.54) is 29.2 Å². The molecule has 2 heterocycles. The molecule has 3 N–H and O–H groups in total. The third-order valence-corrected chi connectivity index (χ3v) is 9.76. The summed E-state index contributed by atoms with van der Waals surface area (Å²) in [6.07, 6.45) is -4.44. The van der Waals surface area contributed by atoms with Gasteiger partial charge in [-0.15, -0.1) is 0 Å². The van der Waals surface area contributed by atoms with E-state index in [2.05, 4.69) is 11.4 Å². The molecule has 0 bridgehead atoms. The standard InChI is InChI=1S/C20H16Cl2N4O2.C20H18O8/c1-25-19(28)26(16-7-14(21)6-15(22)8-16)18(27)20(25)11-24-10-17(20)13-4-2-12(9-23)3-5-13;1-11-3-7-13(8-4-11)19(25)27-15(17(21)22)16(18(23)24)28-20(26)14-9-5-12(2)6-10-14/h2-8,17,24H,10-11H2,1H3;3-10,15-16H,1-2H3,(H,21,22)(H,23,24)/t17-,20+;15-,16-/m00/s1. The van der Waals surface area contributed by atoms with E-state index < -0.39 is 47.7 Å². The molecule has 2 fully saturated rings. The number of aryl methyl sites for hydroxylation is 2. The third kappa shape index (κ3) is 8.50. The zero-order chi connectivity index (χ0) is 40.9. The quantitative estimate of drug-likeness (QED) is 0.140. The van der Waals surface area contributed by atoms with E-state index in [9.17, 15) is 39.0 Å². The van der Waals surface area contributed by atoms with Gasteiger partial charge in [0.2, 0.25) is 12.2 Å². The van der Waals surface area contributed by atoms with Crippen LogP contribution in [0.1, 0.15) is 48.9 Å². The van der Waals surface area contributed by atoms with Crippen LogP contribution in [-0.2, 0) is 23.9 Å². The van der Waals surface area contributed by atoms with Crippen molar-refractivity contribution in [1.82, 2.24) is 10.2 Å². The number of carboxylic acid groups (broad SMARTS) is 2. The molecule has 4 aromatic carbocycles. The lowest BCUT2D eigenvalue weighted by Crippen LogP contribution is -2.53. The molecule has 0 radical (unpaired) electrons. The van der Waals surface area contributed by atoms with Gasteiger partial charge in [0, 0.05) is 36.1 Å². The maximum absolute atomic E-state index is 13.6. The number of benzene rings is 4. The molecular weight excluding hydrogens is 767 g/mol. The number of hydrogen-bond acceptors (Lipinski definition) is 10. The molecule has 56 heavy (non-hydrogen) atoms. The van der Waals surface area contributed by atoms with Gasteiger partial charge in [-0.2, -0.15) is 5.26 Å². The predicted molar refractivity (Wildman–Crippen MR) is 203 cm³/mol. The Labute approximate surface area is 330 Å². The van der Waals surface area contributed by atoms with Crippen LogP contribution in [0.2, 0.25) is 10.0 Å². The van der Waals surface area contributed by atoms with Gasteiger partial charge >= 0.3 is 29.9 Å². The number of carboxylic acids is 2. The highest BCUT2D eigenvalue weighted by Crippen LogP contribution is 2.44. The molecule has 4 atom stereocenters. The summed E-state index contributed by atoms with van der Waals surface area (Å²) in [6.45, 7) is 4.46. The van der Waals surface area contributed by atoms with E-state index in [0.29, 0.717) is 34.4 Å². The van der Waals surface area contributed by atoms with E-state index >= 15 is 0 Å². The van der Waals surface area contributed by atoms with Gasteiger partial charge in [-0.1, -0.05) is 70.7 Å². The van der Waals surface area contributed by atoms with Gasteiger partial charge < -0.3 is 29.9 Å². The molecule has 288 valence electrons. The first-order chi connectivity index (χ1) is 26.6. The summed E-state index contributed by atoms with van der Waals surface area (Å²) in [6, 6.07) is 25.5. The number of carbonyl (C=O) groups is 6. The average molecular weight is 802 g/mol. The molecule has 1 spiro atoms. The fourth-order valence-electron chi connectivity index (χ4n) is 6.33. The molecule has 6 rings (SSSR count). The van der Waals surface area contributed by atoms with Crippen LogP contribution in [0.15, 0.2) is 91.0 Å². The zero-order valence-corrected chi connectivity index (χ0v) is 31.6. The number of carbonyl (C=O) groups excluding carboxylic acids is 4. The van der Waals surface area contributed by atoms with E-state index in [0.717, 1.165) is 21.6 Å². The first kappa shape index (κ1) is 40.9. The summed E-state index contributed by atoms with van der Waals surface area (Å²) in [4.78, 5) is 76.6. The minimum atomic E-state index is -2.22. The lowest BCUT2D eigenvalue weighted by atomic mass is 9.80. The number of urea groups is 1. The Morgan fingerprint density at radius 2 is 1.27 bits per heavy atom. The van der Waals surface area contributed by atoms with Crippen molar-refractivity contribution in [3.8, 4) is 6.07 Å². The van der Waals surface area contributed by atoms with E-state index in [1.807, 2.05) is 12.1 Å². The topological polar surface area (TPSA) is 204 Å². The Morgan fingerprint density at radius 1 is 0.804 bits per heavy atom. The first-order valence-electron chi connectivity index (χ1n) is 16.9. The second-order valence-electron chi connectivity index (χ2n) is 13.0. The molecular formula is C40H34Cl2N4O10. The molecule has 2 saturated heterocycles. The van der Waals surface area contributed by atoms with Crippen molar-refractivity contribution in [3.05, 3.63) is 134 Å². The predicted octanol–water partition coefficient (Wildman–Crippen LogP) is 5.61. The molecule has 2 aliphatic heterocycles. The van der Waals surface area contributed by atoms with Crippen LogP contribution in [0.3, 0.4) is 0 Å². The van der Waals surface area contributed by atoms with Gasteiger partial charge in [0.05, 0.1) is 28.4 Å². The Balaban J connectivity index is 0.000000214. The lowest BCUT2D eigenvalue weighted by Gasteiger charge is -2.33. The zero-order valence-electron chi connectivity index (χ0n) is 30.1. The van der Waals surface area contributed by atoms with Gasteiger partial charge in [0.25, 0.3) is 5.91 Å². The van der Waals surface area contributed by atoms with Crippen molar-refractivity contribution in [2.75, 3.05) is 25.0 Å². The maximum Gasteiger partial charge on any atom is 0.349 e.